The standard InChI is InChI=1S/C14H17N3O3/c1-19-14(18)7-8-15-10-13-16-12(17-20-13)9-11-5-3-2-4-6-11/h2-6,15H,7-10H2,1H3. The molecule has 0 atom stereocenters. The van der Waals surface area contributed by atoms with Crippen molar-refractivity contribution < 1.29 is 14.1 Å². The Balaban J connectivity index is 1.76. The fourth-order valence-electron chi connectivity index (χ4n) is 1.70. The first-order valence-electron chi connectivity index (χ1n) is 6.41. The second-order valence-corrected chi connectivity index (χ2v) is 4.27. The molecule has 0 aliphatic rings. The highest BCUT2D eigenvalue weighted by molar-refractivity contribution is 5.69. The van der Waals surface area contributed by atoms with E-state index < -0.39 is 0 Å². The second-order valence-electron chi connectivity index (χ2n) is 4.27. The molecule has 1 aromatic heterocycles. The van der Waals surface area contributed by atoms with Gasteiger partial charge in [0.15, 0.2) is 5.82 Å². The average Bonchev–Trinajstić information content (AvgIpc) is 2.92. The van der Waals surface area contributed by atoms with Crippen LogP contribution in [-0.2, 0) is 22.5 Å². The van der Waals surface area contributed by atoms with Gasteiger partial charge >= 0.3 is 5.97 Å². The highest BCUT2D eigenvalue weighted by Crippen LogP contribution is 2.06. The molecule has 0 saturated carbocycles. The van der Waals surface area contributed by atoms with Gasteiger partial charge < -0.3 is 14.6 Å². The quantitative estimate of drug-likeness (QED) is 0.606. The molecule has 20 heavy (non-hydrogen) atoms. The molecule has 1 aromatic carbocycles. The molecule has 2 aromatic rings. The Bertz CT molecular complexity index is 540. The summed E-state index contributed by atoms with van der Waals surface area (Å²) in [7, 11) is 1.37. The van der Waals surface area contributed by atoms with Gasteiger partial charge in [-0.15, -0.1) is 0 Å². The lowest BCUT2D eigenvalue weighted by Gasteiger charge is -1.99. The Kier molecular flexibility index (Phi) is 5.25. The van der Waals surface area contributed by atoms with Gasteiger partial charge in [-0.1, -0.05) is 35.5 Å². The SMILES string of the molecule is COC(=O)CCNCc1nc(Cc2ccccc2)no1. The van der Waals surface area contributed by atoms with Crippen LogP contribution >= 0.6 is 0 Å². The van der Waals surface area contributed by atoms with Crippen LogP contribution in [0.25, 0.3) is 0 Å². The van der Waals surface area contributed by atoms with E-state index in [2.05, 4.69) is 20.2 Å². The van der Waals surface area contributed by atoms with Gasteiger partial charge in [-0.3, -0.25) is 4.79 Å². The Morgan fingerprint density at radius 1 is 1.35 bits per heavy atom. The van der Waals surface area contributed by atoms with Crippen LogP contribution in [0, 0.1) is 0 Å². The summed E-state index contributed by atoms with van der Waals surface area (Å²) in [4.78, 5) is 15.2. The molecule has 0 fully saturated rings. The number of benzene rings is 1. The molecule has 106 valence electrons. The molecule has 0 radical (unpaired) electrons. The Morgan fingerprint density at radius 3 is 2.90 bits per heavy atom. The van der Waals surface area contributed by atoms with Gasteiger partial charge in [-0.05, 0) is 5.56 Å². The summed E-state index contributed by atoms with van der Waals surface area (Å²) in [5.74, 6) is 0.926. The van der Waals surface area contributed by atoms with Crippen molar-refractivity contribution in [2.24, 2.45) is 0 Å². The molecule has 0 saturated heterocycles. The van der Waals surface area contributed by atoms with Gasteiger partial charge in [0.25, 0.3) is 0 Å². The summed E-state index contributed by atoms with van der Waals surface area (Å²) in [6, 6.07) is 9.96. The molecular formula is C14H17N3O3. The number of methoxy groups -OCH3 is 1. The van der Waals surface area contributed by atoms with E-state index in [9.17, 15) is 4.79 Å². The third-order valence-corrected chi connectivity index (χ3v) is 2.73. The van der Waals surface area contributed by atoms with Crippen molar-refractivity contribution in [2.75, 3.05) is 13.7 Å². The first kappa shape index (κ1) is 14.2. The zero-order chi connectivity index (χ0) is 14.2. The van der Waals surface area contributed by atoms with E-state index in [0.29, 0.717) is 37.6 Å². The summed E-state index contributed by atoms with van der Waals surface area (Å²) >= 11 is 0. The number of carbonyl (C=O) groups excluding carboxylic acids is 1. The summed E-state index contributed by atoms with van der Waals surface area (Å²) in [6.45, 7) is 0.960. The van der Waals surface area contributed by atoms with Crippen LogP contribution in [0.2, 0.25) is 0 Å². The fourth-order valence-corrected chi connectivity index (χ4v) is 1.70. The summed E-state index contributed by atoms with van der Waals surface area (Å²) in [6.07, 6.45) is 0.966. The van der Waals surface area contributed by atoms with Crippen LogP contribution in [0.15, 0.2) is 34.9 Å². The van der Waals surface area contributed by atoms with E-state index >= 15 is 0 Å². The first-order chi connectivity index (χ1) is 9.78. The van der Waals surface area contributed by atoms with Crippen LogP contribution in [0.5, 0.6) is 0 Å². The minimum Gasteiger partial charge on any atom is -0.469 e. The van der Waals surface area contributed by atoms with E-state index in [1.54, 1.807) is 0 Å². The van der Waals surface area contributed by atoms with Gasteiger partial charge in [-0.25, -0.2) is 0 Å². The highest BCUT2D eigenvalue weighted by atomic mass is 16.5. The lowest BCUT2D eigenvalue weighted by atomic mass is 10.1. The molecule has 0 bridgehead atoms. The van der Waals surface area contributed by atoms with Crippen LogP contribution in [0.3, 0.4) is 0 Å². The van der Waals surface area contributed by atoms with Crippen molar-refractivity contribution in [3.8, 4) is 0 Å². The number of esters is 1. The summed E-state index contributed by atoms with van der Waals surface area (Å²) < 4.78 is 9.67. The monoisotopic (exact) mass is 275 g/mol. The molecule has 6 nitrogen and oxygen atoms in total. The zero-order valence-corrected chi connectivity index (χ0v) is 11.3. The second kappa shape index (κ2) is 7.40. The molecule has 6 heteroatoms. The lowest BCUT2D eigenvalue weighted by molar-refractivity contribution is -0.140. The van der Waals surface area contributed by atoms with Gasteiger partial charge in [-0.2, -0.15) is 4.98 Å². The number of nitrogens with one attached hydrogen (secondary N) is 1. The first-order valence-corrected chi connectivity index (χ1v) is 6.41. The van der Waals surface area contributed by atoms with Gasteiger partial charge in [0.05, 0.1) is 20.1 Å². The maximum atomic E-state index is 10.9. The Labute approximate surface area is 117 Å². The normalized spacial score (nSPS) is 10.4. The number of hydrogen-bond acceptors (Lipinski definition) is 6. The van der Waals surface area contributed by atoms with E-state index in [0.717, 1.165) is 5.56 Å². The Morgan fingerprint density at radius 2 is 2.15 bits per heavy atom. The molecule has 0 aliphatic carbocycles. The molecule has 0 spiro atoms. The maximum Gasteiger partial charge on any atom is 0.306 e. The van der Waals surface area contributed by atoms with E-state index in [1.807, 2.05) is 30.3 Å². The predicted molar refractivity (Wildman–Crippen MR) is 71.9 cm³/mol. The number of rotatable bonds is 7. The van der Waals surface area contributed by atoms with Crippen molar-refractivity contribution in [1.82, 2.24) is 15.5 Å². The van der Waals surface area contributed by atoms with Crippen LogP contribution in [-0.4, -0.2) is 29.8 Å². The van der Waals surface area contributed by atoms with Gasteiger partial charge in [0, 0.05) is 13.0 Å². The number of aromatic nitrogens is 2. The van der Waals surface area contributed by atoms with Crippen molar-refractivity contribution in [1.29, 1.82) is 0 Å². The molecule has 0 unspecified atom stereocenters. The van der Waals surface area contributed by atoms with Crippen molar-refractivity contribution in [3.05, 3.63) is 47.6 Å². The van der Waals surface area contributed by atoms with E-state index in [-0.39, 0.29) is 5.97 Å². The van der Waals surface area contributed by atoms with Crippen LogP contribution < -0.4 is 5.32 Å². The van der Waals surface area contributed by atoms with Crippen LogP contribution in [0.4, 0.5) is 0 Å². The Hall–Kier alpha value is -2.21. The number of ether oxygens (including phenoxy) is 1. The molecule has 1 N–H and O–H groups in total. The smallest absolute Gasteiger partial charge is 0.306 e. The van der Waals surface area contributed by atoms with Gasteiger partial charge in [0.1, 0.15) is 0 Å². The molecule has 0 aliphatic heterocycles. The number of carbonyl (C=O) groups is 1. The van der Waals surface area contributed by atoms with Gasteiger partial charge in [0.2, 0.25) is 5.89 Å². The minimum absolute atomic E-state index is 0.243. The predicted octanol–water partition coefficient (Wildman–Crippen LogP) is 1.31. The zero-order valence-electron chi connectivity index (χ0n) is 11.3. The largest absolute Gasteiger partial charge is 0.469 e. The van der Waals surface area contributed by atoms with E-state index in [1.165, 1.54) is 7.11 Å². The molecule has 2 rings (SSSR count). The third kappa shape index (κ3) is 4.47. The molecule has 0 amide bonds. The summed E-state index contributed by atoms with van der Waals surface area (Å²) in [5, 5.41) is 6.97. The van der Waals surface area contributed by atoms with Crippen molar-refractivity contribution in [3.63, 3.8) is 0 Å². The number of nitrogens with zero attached hydrogens (tertiary/aromatic N) is 2. The summed E-state index contributed by atoms with van der Waals surface area (Å²) in [5.41, 5.74) is 1.14. The third-order valence-electron chi connectivity index (χ3n) is 2.73. The average molecular weight is 275 g/mol. The fraction of sp³-hybridized carbons (Fsp3) is 0.357. The molecule has 1 heterocycles. The van der Waals surface area contributed by atoms with Crippen LogP contribution in [0.1, 0.15) is 23.7 Å². The molecular weight excluding hydrogens is 258 g/mol. The van der Waals surface area contributed by atoms with Crippen molar-refractivity contribution in [2.45, 2.75) is 19.4 Å². The minimum atomic E-state index is -0.243. The van der Waals surface area contributed by atoms with E-state index in [4.69, 9.17) is 4.52 Å². The number of hydrogen-bond donors (Lipinski definition) is 1. The topological polar surface area (TPSA) is 77.2 Å². The van der Waals surface area contributed by atoms with Crippen molar-refractivity contribution >= 4 is 5.97 Å². The maximum absolute atomic E-state index is 10.9. The highest BCUT2D eigenvalue weighted by Gasteiger charge is 2.07. The lowest BCUT2D eigenvalue weighted by Crippen LogP contribution is -2.18.